The quantitative estimate of drug-likeness (QED) is 0.169. The fourth-order valence-electron chi connectivity index (χ4n) is 8.91. The number of benzene rings is 10. The molecule has 3 heteroatoms. The van der Waals surface area contributed by atoms with E-state index < -0.39 is 0 Å². The molecule has 59 heavy (non-hydrogen) atoms. The lowest BCUT2D eigenvalue weighted by Crippen LogP contribution is -2.10. The fraction of sp³-hybridized carbons (Fsp3) is 0. The van der Waals surface area contributed by atoms with Gasteiger partial charge in [0, 0.05) is 32.9 Å². The molecule has 12 rings (SSSR count). The molecular formula is C56H35NO2. The SMILES string of the molecule is c1cc(-c2ccc3oc4ccccc4c3c2)cc(N(c2ccc(-c3ccc(-c4ccc5ccccc5c4)cc3)cc2)c2cccc3oc4c5ccccc5ccc4c23)c1. The molecule has 3 nitrogen and oxygen atoms in total. The highest BCUT2D eigenvalue weighted by Crippen LogP contribution is 2.45. The summed E-state index contributed by atoms with van der Waals surface area (Å²) in [4.78, 5) is 2.37. The monoisotopic (exact) mass is 753 g/mol. The average Bonchev–Trinajstić information content (AvgIpc) is 3.88. The van der Waals surface area contributed by atoms with Gasteiger partial charge in [0.05, 0.1) is 11.1 Å². The number of para-hydroxylation sites is 1. The van der Waals surface area contributed by atoms with E-state index in [0.717, 1.165) is 88.4 Å². The Morgan fingerprint density at radius 2 is 0.881 bits per heavy atom. The molecule has 0 spiro atoms. The molecular weight excluding hydrogens is 719 g/mol. The van der Waals surface area contributed by atoms with Crippen LogP contribution in [0.2, 0.25) is 0 Å². The van der Waals surface area contributed by atoms with Gasteiger partial charge in [-0.25, -0.2) is 0 Å². The van der Waals surface area contributed by atoms with Crippen LogP contribution in [0.25, 0.3) is 98.8 Å². The van der Waals surface area contributed by atoms with Crippen LogP contribution >= 0.6 is 0 Å². The highest BCUT2D eigenvalue weighted by molar-refractivity contribution is 6.19. The second-order valence-electron chi connectivity index (χ2n) is 15.3. The predicted octanol–water partition coefficient (Wildman–Crippen LogP) is 16.3. The van der Waals surface area contributed by atoms with Gasteiger partial charge in [0.25, 0.3) is 0 Å². The van der Waals surface area contributed by atoms with Gasteiger partial charge in [0.2, 0.25) is 0 Å². The second kappa shape index (κ2) is 13.4. The van der Waals surface area contributed by atoms with Crippen molar-refractivity contribution in [3.8, 4) is 33.4 Å². The van der Waals surface area contributed by atoms with Crippen LogP contribution in [0.5, 0.6) is 0 Å². The zero-order valence-electron chi connectivity index (χ0n) is 32.0. The summed E-state index contributed by atoms with van der Waals surface area (Å²) >= 11 is 0. The third-order valence-corrected chi connectivity index (χ3v) is 11.8. The third kappa shape index (κ3) is 5.59. The van der Waals surface area contributed by atoms with Crippen molar-refractivity contribution in [1.29, 1.82) is 0 Å². The molecule has 0 aliphatic heterocycles. The van der Waals surface area contributed by atoms with Crippen LogP contribution in [0, 0.1) is 0 Å². The highest BCUT2D eigenvalue weighted by atomic mass is 16.3. The van der Waals surface area contributed by atoms with Gasteiger partial charge in [-0.1, -0.05) is 146 Å². The number of furan rings is 2. The normalized spacial score (nSPS) is 11.7. The maximum absolute atomic E-state index is 6.69. The van der Waals surface area contributed by atoms with E-state index in [1.165, 1.54) is 27.5 Å². The molecule has 2 heterocycles. The van der Waals surface area contributed by atoms with Crippen LogP contribution in [0.3, 0.4) is 0 Å². The summed E-state index contributed by atoms with van der Waals surface area (Å²) < 4.78 is 12.9. The molecule has 0 radical (unpaired) electrons. The summed E-state index contributed by atoms with van der Waals surface area (Å²) in [7, 11) is 0. The summed E-state index contributed by atoms with van der Waals surface area (Å²) in [5.41, 5.74) is 13.7. The van der Waals surface area contributed by atoms with Gasteiger partial charge in [0.15, 0.2) is 0 Å². The molecule has 12 aromatic rings. The molecule has 0 saturated carbocycles. The van der Waals surface area contributed by atoms with Crippen molar-refractivity contribution in [3.63, 3.8) is 0 Å². The van der Waals surface area contributed by atoms with Gasteiger partial charge in [-0.15, -0.1) is 0 Å². The zero-order valence-corrected chi connectivity index (χ0v) is 32.0. The number of fused-ring (bicyclic) bond motifs is 9. The van der Waals surface area contributed by atoms with Crippen molar-refractivity contribution in [1.82, 2.24) is 0 Å². The number of nitrogens with zero attached hydrogens (tertiary/aromatic N) is 1. The van der Waals surface area contributed by atoms with Gasteiger partial charge in [0.1, 0.15) is 22.3 Å². The molecule has 0 aliphatic rings. The maximum Gasteiger partial charge on any atom is 0.143 e. The van der Waals surface area contributed by atoms with Crippen LogP contribution in [-0.4, -0.2) is 0 Å². The van der Waals surface area contributed by atoms with Gasteiger partial charge in [-0.3, -0.25) is 0 Å². The predicted molar refractivity (Wildman–Crippen MR) is 247 cm³/mol. The van der Waals surface area contributed by atoms with E-state index >= 15 is 0 Å². The molecule has 0 saturated heterocycles. The Morgan fingerprint density at radius 3 is 1.73 bits per heavy atom. The number of hydrogen-bond donors (Lipinski definition) is 0. The molecule has 0 aliphatic carbocycles. The number of rotatable bonds is 6. The van der Waals surface area contributed by atoms with Crippen LogP contribution in [0.1, 0.15) is 0 Å². The third-order valence-electron chi connectivity index (χ3n) is 11.8. The topological polar surface area (TPSA) is 29.5 Å². The minimum absolute atomic E-state index is 0.857. The first kappa shape index (κ1) is 33.3. The van der Waals surface area contributed by atoms with E-state index in [9.17, 15) is 0 Å². The Morgan fingerprint density at radius 1 is 0.288 bits per heavy atom. The second-order valence-corrected chi connectivity index (χ2v) is 15.3. The Kier molecular flexibility index (Phi) is 7.54. The molecule has 10 aromatic carbocycles. The van der Waals surface area contributed by atoms with E-state index in [2.05, 4.69) is 205 Å². The van der Waals surface area contributed by atoms with Crippen LogP contribution in [-0.2, 0) is 0 Å². The number of anilines is 3. The zero-order chi connectivity index (χ0) is 38.9. The lowest BCUT2D eigenvalue weighted by molar-refractivity contribution is 0.669. The smallest absolute Gasteiger partial charge is 0.143 e. The molecule has 0 bridgehead atoms. The highest BCUT2D eigenvalue weighted by Gasteiger charge is 2.21. The van der Waals surface area contributed by atoms with Crippen molar-refractivity contribution in [3.05, 3.63) is 212 Å². The molecule has 0 atom stereocenters. The van der Waals surface area contributed by atoms with Crippen molar-refractivity contribution in [2.45, 2.75) is 0 Å². The van der Waals surface area contributed by atoms with Crippen LogP contribution in [0.15, 0.2) is 221 Å². The first-order chi connectivity index (χ1) is 29.2. The van der Waals surface area contributed by atoms with Crippen molar-refractivity contribution < 1.29 is 8.83 Å². The average molecular weight is 754 g/mol. The number of hydrogen-bond acceptors (Lipinski definition) is 3. The van der Waals surface area contributed by atoms with Crippen molar-refractivity contribution in [2.24, 2.45) is 0 Å². The lowest BCUT2D eigenvalue weighted by atomic mass is 9.98. The Balaban J connectivity index is 0.980. The minimum atomic E-state index is 0.857. The largest absolute Gasteiger partial charge is 0.456 e. The summed E-state index contributed by atoms with van der Waals surface area (Å²) in [6, 6.07) is 75.9. The van der Waals surface area contributed by atoms with Gasteiger partial charge in [-0.05, 0) is 116 Å². The standard InChI is InChI=1S/C56H35NO2/c1-2-11-41-33-43(24-23-36(41)9-1)39-21-19-37(20-22-39)38-25-29-45(30-26-38)57(51-16-8-18-54-55(51)49-31-27-40-10-3-4-14-47(40)56(49)59-54)46-13-7-12-42(34-46)44-28-32-53-50(35-44)48-15-5-6-17-52(48)58-53/h1-35H. The Hall–Kier alpha value is -7.88. The van der Waals surface area contributed by atoms with Crippen molar-refractivity contribution >= 4 is 82.5 Å². The van der Waals surface area contributed by atoms with Gasteiger partial charge < -0.3 is 13.7 Å². The van der Waals surface area contributed by atoms with E-state index in [4.69, 9.17) is 8.83 Å². The van der Waals surface area contributed by atoms with Gasteiger partial charge >= 0.3 is 0 Å². The molecule has 276 valence electrons. The van der Waals surface area contributed by atoms with Crippen molar-refractivity contribution in [2.75, 3.05) is 4.90 Å². The molecule has 0 amide bonds. The van der Waals surface area contributed by atoms with E-state index in [1.54, 1.807) is 0 Å². The Bertz CT molecular complexity index is 3550. The first-order valence-corrected chi connectivity index (χ1v) is 20.1. The molecule has 0 N–H and O–H groups in total. The van der Waals surface area contributed by atoms with E-state index in [0.29, 0.717) is 0 Å². The first-order valence-electron chi connectivity index (χ1n) is 20.1. The summed E-state index contributed by atoms with van der Waals surface area (Å²) in [6.45, 7) is 0. The molecule has 0 fully saturated rings. The molecule has 2 aromatic heterocycles. The van der Waals surface area contributed by atoms with E-state index in [1.807, 2.05) is 12.1 Å². The fourth-order valence-corrected chi connectivity index (χ4v) is 8.91. The minimum Gasteiger partial charge on any atom is -0.456 e. The van der Waals surface area contributed by atoms with Crippen LogP contribution < -0.4 is 4.90 Å². The van der Waals surface area contributed by atoms with Gasteiger partial charge in [-0.2, -0.15) is 0 Å². The van der Waals surface area contributed by atoms with E-state index in [-0.39, 0.29) is 0 Å². The molecule has 0 unspecified atom stereocenters. The Labute approximate surface area is 340 Å². The maximum atomic E-state index is 6.69. The summed E-state index contributed by atoms with van der Waals surface area (Å²) in [5.74, 6) is 0. The summed E-state index contributed by atoms with van der Waals surface area (Å²) in [5, 5.41) is 9.19. The lowest BCUT2D eigenvalue weighted by Gasteiger charge is -2.27. The van der Waals surface area contributed by atoms with Crippen LogP contribution in [0.4, 0.5) is 17.1 Å². The summed E-state index contributed by atoms with van der Waals surface area (Å²) in [6.07, 6.45) is 0.